The molecule has 0 amide bonds. The van der Waals surface area contributed by atoms with Crippen molar-refractivity contribution in [2.45, 2.75) is 6.92 Å². The van der Waals surface area contributed by atoms with Crippen LogP contribution in [0.5, 0.6) is 5.75 Å². The number of Topliss-reactive ketones (excluding diaryl/α,β-unsaturated/α-hetero) is 1. The fourth-order valence-electron chi connectivity index (χ4n) is 1.34. The van der Waals surface area contributed by atoms with Gasteiger partial charge in [0.2, 0.25) is 0 Å². The summed E-state index contributed by atoms with van der Waals surface area (Å²) in [6.07, 6.45) is 1.18. The van der Waals surface area contributed by atoms with E-state index in [0.29, 0.717) is 16.9 Å². The second-order valence-electron chi connectivity index (χ2n) is 3.37. The van der Waals surface area contributed by atoms with E-state index in [1.807, 2.05) is 0 Å². The van der Waals surface area contributed by atoms with Crippen LogP contribution in [0.1, 0.15) is 12.5 Å². The standard InChI is InChI=1S/C13H14O4/c1-9(14)12(8-13(15)17-3)10-4-6-11(16-2)7-5-10/h4-8H,1-3H3. The molecular formula is C13H14O4. The van der Waals surface area contributed by atoms with Gasteiger partial charge in [0.15, 0.2) is 5.78 Å². The van der Waals surface area contributed by atoms with E-state index in [2.05, 4.69) is 4.74 Å². The van der Waals surface area contributed by atoms with Crippen LogP contribution < -0.4 is 4.74 Å². The van der Waals surface area contributed by atoms with Crippen molar-refractivity contribution in [3.63, 3.8) is 0 Å². The van der Waals surface area contributed by atoms with Gasteiger partial charge in [-0.25, -0.2) is 4.79 Å². The number of allylic oxidation sites excluding steroid dienone is 1. The zero-order valence-electron chi connectivity index (χ0n) is 10.0. The molecule has 90 valence electrons. The van der Waals surface area contributed by atoms with E-state index in [4.69, 9.17) is 4.74 Å². The molecule has 0 heterocycles. The van der Waals surface area contributed by atoms with Gasteiger partial charge in [-0.15, -0.1) is 0 Å². The maximum Gasteiger partial charge on any atom is 0.331 e. The molecule has 0 atom stereocenters. The first-order valence-electron chi connectivity index (χ1n) is 5.03. The van der Waals surface area contributed by atoms with Crippen molar-refractivity contribution in [3.8, 4) is 5.75 Å². The van der Waals surface area contributed by atoms with Gasteiger partial charge < -0.3 is 9.47 Å². The lowest BCUT2D eigenvalue weighted by molar-refractivity contribution is -0.135. The highest BCUT2D eigenvalue weighted by Crippen LogP contribution is 2.19. The van der Waals surface area contributed by atoms with Crippen LogP contribution in [-0.4, -0.2) is 26.0 Å². The summed E-state index contributed by atoms with van der Waals surface area (Å²) in [5.41, 5.74) is 0.975. The summed E-state index contributed by atoms with van der Waals surface area (Å²) in [7, 11) is 2.83. The van der Waals surface area contributed by atoms with Crippen molar-refractivity contribution in [1.29, 1.82) is 0 Å². The van der Waals surface area contributed by atoms with Crippen LogP contribution in [0.3, 0.4) is 0 Å². The average molecular weight is 234 g/mol. The Labute approximate surface area is 99.8 Å². The quantitative estimate of drug-likeness (QED) is 0.589. The molecule has 0 aliphatic heterocycles. The largest absolute Gasteiger partial charge is 0.497 e. The molecule has 1 aromatic rings. The third-order valence-electron chi connectivity index (χ3n) is 2.24. The molecule has 0 aliphatic carbocycles. The summed E-state index contributed by atoms with van der Waals surface area (Å²) in [6.45, 7) is 1.40. The molecule has 0 aromatic heterocycles. The smallest absolute Gasteiger partial charge is 0.331 e. The average Bonchev–Trinajstić information content (AvgIpc) is 2.35. The Morgan fingerprint density at radius 2 is 1.71 bits per heavy atom. The van der Waals surface area contributed by atoms with Gasteiger partial charge in [-0.05, 0) is 24.6 Å². The van der Waals surface area contributed by atoms with Gasteiger partial charge in [-0.1, -0.05) is 12.1 Å². The lowest BCUT2D eigenvalue weighted by Crippen LogP contribution is -2.02. The molecule has 1 aromatic carbocycles. The van der Waals surface area contributed by atoms with Gasteiger partial charge >= 0.3 is 5.97 Å². The molecule has 0 bridgehead atoms. The number of ketones is 1. The third-order valence-corrected chi connectivity index (χ3v) is 2.24. The summed E-state index contributed by atoms with van der Waals surface area (Å²) >= 11 is 0. The van der Waals surface area contributed by atoms with Gasteiger partial charge in [-0.2, -0.15) is 0 Å². The predicted molar refractivity (Wildman–Crippen MR) is 63.7 cm³/mol. The van der Waals surface area contributed by atoms with Crippen LogP contribution in [0.4, 0.5) is 0 Å². The number of hydrogen-bond donors (Lipinski definition) is 0. The molecule has 0 aliphatic rings. The van der Waals surface area contributed by atoms with E-state index < -0.39 is 5.97 Å². The number of esters is 1. The maximum absolute atomic E-state index is 11.4. The molecular weight excluding hydrogens is 220 g/mol. The second-order valence-corrected chi connectivity index (χ2v) is 3.37. The van der Waals surface area contributed by atoms with Crippen molar-refractivity contribution in [2.75, 3.05) is 14.2 Å². The van der Waals surface area contributed by atoms with Crippen LogP contribution in [-0.2, 0) is 14.3 Å². The Kier molecular flexibility index (Phi) is 4.46. The van der Waals surface area contributed by atoms with E-state index >= 15 is 0 Å². The van der Waals surface area contributed by atoms with Crippen LogP contribution in [0.15, 0.2) is 30.3 Å². The molecule has 0 N–H and O–H groups in total. The highest BCUT2D eigenvalue weighted by atomic mass is 16.5. The highest BCUT2D eigenvalue weighted by molar-refractivity contribution is 6.23. The number of carbonyl (C=O) groups is 2. The summed E-state index contributed by atoms with van der Waals surface area (Å²) < 4.78 is 9.52. The van der Waals surface area contributed by atoms with Crippen molar-refractivity contribution in [1.82, 2.24) is 0 Å². The second kappa shape index (κ2) is 5.84. The lowest BCUT2D eigenvalue weighted by Gasteiger charge is -2.05. The van der Waals surface area contributed by atoms with Crippen molar-refractivity contribution in [3.05, 3.63) is 35.9 Å². The monoisotopic (exact) mass is 234 g/mol. The number of rotatable bonds is 4. The highest BCUT2D eigenvalue weighted by Gasteiger charge is 2.10. The lowest BCUT2D eigenvalue weighted by atomic mass is 10.0. The fourth-order valence-corrected chi connectivity index (χ4v) is 1.34. The number of hydrogen-bond acceptors (Lipinski definition) is 4. The predicted octanol–water partition coefficient (Wildman–Crippen LogP) is 1.84. The van der Waals surface area contributed by atoms with Gasteiger partial charge in [0.25, 0.3) is 0 Å². The molecule has 0 radical (unpaired) electrons. The van der Waals surface area contributed by atoms with E-state index in [1.54, 1.807) is 31.4 Å². The Morgan fingerprint density at radius 3 is 2.12 bits per heavy atom. The van der Waals surface area contributed by atoms with Gasteiger partial charge in [-0.3, -0.25) is 4.79 Å². The van der Waals surface area contributed by atoms with Gasteiger partial charge in [0.05, 0.1) is 14.2 Å². The van der Waals surface area contributed by atoms with Crippen molar-refractivity contribution in [2.24, 2.45) is 0 Å². The Balaban J connectivity index is 3.10. The molecule has 0 spiro atoms. The molecule has 17 heavy (non-hydrogen) atoms. The molecule has 0 saturated carbocycles. The number of carbonyl (C=O) groups excluding carboxylic acids is 2. The fraction of sp³-hybridized carbons (Fsp3) is 0.231. The SMILES string of the molecule is COC(=O)C=C(C(C)=O)c1ccc(OC)cc1. The first-order chi connectivity index (χ1) is 8.08. The third kappa shape index (κ3) is 3.45. The van der Waals surface area contributed by atoms with Crippen molar-refractivity contribution < 1.29 is 19.1 Å². The maximum atomic E-state index is 11.4. The van der Waals surface area contributed by atoms with Crippen LogP contribution in [0, 0.1) is 0 Å². The number of benzene rings is 1. The Morgan fingerprint density at radius 1 is 1.12 bits per heavy atom. The number of ether oxygens (including phenoxy) is 2. The summed E-state index contributed by atoms with van der Waals surface area (Å²) in [6, 6.07) is 6.89. The molecule has 4 heteroatoms. The minimum absolute atomic E-state index is 0.194. The van der Waals surface area contributed by atoms with E-state index in [1.165, 1.54) is 20.1 Å². The van der Waals surface area contributed by atoms with Gasteiger partial charge in [0.1, 0.15) is 5.75 Å². The first kappa shape index (κ1) is 13.0. The number of methoxy groups -OCH3 is 2. The Bertz CT molecular complexity index is 443. The van der Waals surface area contributed by atoms with Gasteiger partial charge in [0, 0.05) is 11.6 Å². The topological polar surface area (TPSA) is 52.6 Å². The summed E-state index contributed by atoms with van der Waals surface area (Å²) in [5.74, 6) is -0.0543. The molecule has 0 unspecified atom stereocenters. The molecule has 1 rings (SSSR count). The summed E-state index contributed by atoms with van der Waals surface area (Å²) in [5, 5.41) is 0. The van der Waals surface area contributed by atoms with Crippen molar-refractivity contribution >= 4 is 17.3 Å². The minimum Gasteiger partial charge on any atom is -0.497 e. The molecule has 0 fully saturated rings. The Hall–Kier alpha value is -2.10. The van der Waals surface area contributed by atoms with Crippen LogP contribution in [0.25, 0.3) is 5.57 Å². The van der Waals surface area contributed by atoms with E-state index in [0.717, 1.165) is 0 Å². The zero-order chi connectivity index (χ0) is 12.8. The first-order valence-corrected chi connectivity index (χ1v) is 5.03. The van der Waals surface area contributed by atoms with E-state index in [9.17, 15) is 9.59 Å². The molecule has 0 saturated heterocycles. The van der Waals surface area contributed by atoms with Crippen LogP contribution in [0.2, 0.25) is 0 Å². The summed E-state index contributed by atoms with van der Waals surface area (Å²) in [4.78, 5) is 22.6. The zero-order valence-corrected chi connectivity index (χ0v) is 10.0. The normalized spacial score (nSPS) is 10.9. The van der Waals surface area contributed by atoms with E-state index in [-0.39, 0.29) is 5.78 Å². The van der Waals surface area contributed by atoms with Crippen LogP contribution >= 0.6 is 0 Å². The molecule has 4 nitrogen and oxygen atoms in total. The minimum atomic E-state index is -0.550.